The SMILES string of the molecule is OC(CN1CCNCC1)(Cn1ccnc1)c1ccc(Cl)cc1Cl. The molecule has 0 spiro atoms. The maximum Gasteiger partial charge on any atom is 0.121 e. The van der Waals surface area contributed by atoms with E-state index in [9.17, 15) is 5.11 Å². The number of β-amino-alcohol motifs (C(OH)–C–C–N with tert-alkyl or cyclic N) is 1. The first-order valence-electron chi connectivity index (χ1n) is 7.63. The Labute approximate surface area is 145 Å². The van der Waals surface area contributed by atoms with Crippen LogP contribution in [0.3, 0.4) is 0 Å². The number of aromatic nitrogens is 2. The van der Waals surface area contributed by atoms with Crippen molar-refractivity contribution in [3.8, 4) is 0 Å². The first-order chi connectivity index (χ1) is 11.1. The zero-order chi connectivity index (χ0) is 16.3. The average molecular weight is 355 g/mol. The van der Waals surface area contributed by atoms with Crippen LogP contribution >= 0.6 is 23.2 Å². The Balaban J connectivity index is 1.90. The van der Waals surface area contributed by atoms with Crippen LogP contribution in [0.5, 0.6) is 0 Å². The molecule has 124 valence electrons. The van der Waals surface area contributed by atoms with E-state index in [4.69, 9.17) is 23.2 Å². The van der Waals surface area contributed by atoms with Crippen LogP contribution in [-0.2, 0) is 12.1 Å². The molecule has 3 rings (SSSR count). The van der Waals surface area contributed by atoms with Crippen molar-refractivity contribution < 1.29 is 5.11 Å². The Morgan fingerprint density at radius 1 is 1.22 bits per heavy atom. The zero-order valence-electron chi connectivity index (χ0n) is 12.8. The molecular formula is C16H20Cl2N4O. The molecule has 1 fully saturated rings. The number of benzene rings is 1. The monoisotopic (exact) mass is 354 g/mol. The fourth-order valence-electron chi connectivity index (χ4n) is 3.01. The molecule has 5 nitrogen and oxygen atoms in total. The Bertz CT molecular complexity index is 644. The summed E-state index contributed by atoms with van der Waals surface area (Å²) in [6.45, 7) is 4.55. The lowest BCUT2D eigenvalue weighted by Crippen LogP contribution is -2.50. The molecule has 1 aliphatic rings. The maximum absolute atomic E-state index is 11.4. The van der Waals surface area contributed by atoms with E-state index in [-0.39, 0.29) is 0 Å². The highest BCUT2D eigenvalue weighted by atomic mass is 35.5. The lowest BCUT2D eigenvalue weighted by molar-refractivity contribution is -0.0185. The van der Waals surface area contributed by atoms with Crippen LogP contribution in [0.4, 0.5) is 0 Å². The summed E-state index contributed by atoms with van der Waals surface area (Å²) in [5.74, 6) is 0. The molecule has 0 amide bonds. The standard InChI is InChI=1S/C16H20Cl2N4O/c17-13-1-2-14(15(18)9-13)16(23,11-22-8-5-20-12-22)10-21-6-3-19-4-7-21/h1-2,5,8-9,12,19,23H,3-4,6-7,10-11H2. The minimum Gasteiger partial charge on any atom is -0.382 e. The summed E-state index contributed by atoms with van der Waals surface area (Å²) in [5, 5.41) is 15.8. The second-order valence-electron chi connectivity index (χ2n) is 5.92. The topological polar surface area (TPSA) is 53.3 Å². The second-order valence-corrected chi connectivity index (χ2v) is 6.76. The molecule has 0 aliphatic carbocycles. The van der Waals surface area contributed by atoms with Crippen molar-refractivity contribution >= 4 is 23.2 Å². The van der Waals surface area contributed by atoms with Gasteiger partial charge in [-0.2, -0.15) is 0 Å². The number of hydrogen-bond donors (Lipinski definition) is 2. The third-order valence-electron chi connectivity index (χ3n) is 4.13. The van der Waals surface area contributed by atoms with Gasteiger partial charge in [-0.15, -0.1) is 0 Å². The molecule has 1 atom stereocenters. The molecule has 1 aromatic heterocycles. The van der Waals surface area contributed by atoms with E-state index < -0.39 is 5.60 Å². The highest BCUT2D eigenvalue weighted by molar-refractivity contribution is 6.35. The van der Waals surface area contributed by atoms with E-state index in [0.717, 1.165) is 26.2 Å². The van der Waals surface area contributed by atoms with Crippen molar-refractivity contribution in [3.63, 3.8) is 0 Å². The van der Waals surface area contributed by atoms with Crippen LogP contribution in [0, 0.1) is 0 Å². The average Bonchev–Trinajstić information content (AvgIpc) is 3.00. The number of aliphatic hydroxyl groups is 1. The number of imidazole rings is 1. The molecule has 1 saturated heterocycles. The molecule has 7 heteroatoms. The predicted octanol–water partition coefficient (Wildman–Crippen LogP) is 1.98. The van der Waals surface area contributed by atoms with Crippen molar-refractivity contribution in [2.45, 2.75) is 12.1 Å². The number of nitrogens with one attached hydrogen (secondary N) is 1. The molecular weight excluding hydrogens is 335 g/mol. The lowest BCUT2D eigenvalue weighted by Gasteiger charge is -2.37. The van der Waals surface area contributed by atoms with Crippen molar-refractivity contribution in [1.29, 1.82) is 0 Å². The summed E-state index contributed by atoms with van der Waals surface area (Å²) in [4.78, 5) is 6.31. The van der Waals surface area contributed by atoms with Gasteiger partial charge < -0.3 is 15.0 Å². The quantitative estimate of drug-likeness (QED) is 0.861. The predicted molar refractivity (Wildman–Crippen MR) is 91.9 cm³/mol. The molecule has 23 heavy (non-hydrogen) atoms. The fourth-order valence-corrected chi connectivity index (χ4v) is 3.59. The second kappa shape index (κ2) is 7.20. The largest absolute Gasteiger partial charge is 0.382 e. The minimum atomic E-state index is -1.11. The Morgan fingerprint density at radius 2 is 2.00 bits per heavy atom. The van der Waals surface area contributed by atoms with Gasteiger partial charge in [-0.25, -0.2) is 4.98 Å². The lowest BCUT2D eigenvalue weighted by atomic mass is 9.92. The van der Waals surface area contributed by atoms with E-state index in [2.05, 4.69) is 15.2 Å². The highest BCUT2D eigenvalue weighted by Crippen LogP contribution is 2.33. The van der Waals surface area contributed by atoms with Crippen LogP contribution in [0.15, 0.2) is 36.9 Å². The highest BCUT2D eigenvalue weighted by Gasteiger charge is 2.34. The summed E-state index contributed by atoms with van der Waals surface area (Å²) in [5.41, 5.74) is -0.421. The first kappa shape index (κ1) is 16.7. The van der Waals surface area contributed by atoms with Gasteiger partial charge in [0.1, 0.15) is 5.60 Å². The molecule has 0 radical (unpaired) electrons. The fraction of sp³-hybridized carbons (Fsp3) is 0.438. The van der Waals surface area contributed by atoms with Crippen LogP contribution in [-0.4, -0.2) is 52.3 Å². The summed E-state index contributed by atoms with van der Waals surface area (Å²) >= 11 is 12.4. The smallest absolute Gasteiger partial charge is 0.121 e. The van der Waals surface area contributed by atoms with Crippen molar-refractivity contribution in [2.24, 2.45) is 0 Å². The number of rotatable bonds is 5. The van der Waals surface area contributed by atoms with Crippen molar-refractivity contribution in [2.75, 3.05) is 32.7 Å². The maximum atomic E-state index is 11.4. The van der Waals surface area contributed by atoms with Crippen LogP contribution < -0.4 is 5.32 Å². The molecule has 0 saturated carbocycles. The molecule has 1 aromatic carbocycles. The van der Waals surface area contributed by atoms with Gasteiger partial charge in [0.05, 0.1) is 12.9 Å². The summed E-state index contributed by atoms with van der Waals surface area (Å²) in [6, 6.07) is 5.25. The van der Waals surface area contributed by atoms with Gasteiger partial charge in [0.2, 0.25) is 0 Å². The van der Waals surface area contributed by atoms with E-state index in [1.807, 2.05) is 16.8 Å². The van der Waals surface area contributed by atoms with E-state index in [1.165, 1.54) is 0 Å². The van der Waals surface area contributed by atoms with Crippen molar-refractivity contribution in [1.82, 2.24) is 19.8 Å². The molecule has 1 aliphatic heterocycles. The first-order valence-corrected chi connectivity index (χ1v) is 8.39. The summed E-state index contributed by atoms with van der Waals surface area (Å²) in [6.07, 6.45) is 5.24. The van der Waals surface area contributed by atoms with E-state index in [1.54, 1.807) is 24.7 Å². The molecule has 2 aromatic rings. The Hall–Kier alpha value is -1.11. The van der Waals surface area contributed by atoms with Gasteiger partial charge in [-0.05, 0) is 12.1 Å². The van der Waals surface area contributed by atoms with Gasteiger partial charge in [0.15, 0.2) is 0 Å². The normalized spacial score (nSPS) is 18.7. The third kappa shape index (κ3) is 4.05. The Morgan fingerprint density at radius 3 is 2.65 bits per heavy atom. The van der Waals surface area contributed by atoms with Gasteiger partial charge in [-0.3, -0.25) is 4.90 Å². The molecule has 2 N–H and O–H groups in total. The van der Waals surface area contributed by atoms with Crippen LogP contribution in [0.1, 0.15) is 5.56 Å². The molecule has 2 heterocycles. The minimum absolute atomic E-state index is 0.387. The van der Waals surface area contributed by atoms with Gasteiger partial charge in [0, 0.05) is 60.7 Å². The number of piperazine rings is 1. The zero-order valence-corrected chi connectivity index (χ0v) is 14.3. The summed E-state index contributed by atoms with van der Waals surface area (Å²) in [7, 11) is 0. The molecule has 0 bridgehead atoms. The third-order valence-corrected chi connectivity index (χ3v) is 4.68. The number of hydrogen-bond acceptors (Lipinski definition) is 4. The number of halogens is 2. The summed E-state index contributed by atoms with van der Waals surface area (Å²) < 4.78 is 1.87. The Kier molecular flexibility index (Phi) is 5.24. The molecule has 1 unspecified atom stereocenters. The van der Waals surface area contributed by atoms with E-state index in [0.29, 0.717) is 28.7 Å². The van der Waals surface area contributed by atoms with Gasteiger partial charge in [0.25, 0.3) is 0 Å². The number of nitrogens with zero attached hydrogens (tertiary/aromatic N) is 3. The van der Waals surface area contributed by atoms with Crippen LogP contribution in [0.2, 0.25) is 10.0 Å². The van der Waals surface area contributed by atoms with Gasteiger partial charge >= 0.3 is 0 Å². The van der Waals surface area contributed by atoms with Crippen molar-refractivity contribution in [3.05, 3.63) is 52.5 Å². The van der Waals surface area contributed by atoms with E-state index >= 15 is 0 Å². The van der Waals surface area contributed by atoms with Gasteiger partial charge in [-0.1, -0.05) is 29.3 Å². The van der Waals surface area contributed by atoms with Crippen LogP contribution in [0.25, 0.3) is 0 Å².